The van der Waals surface area contributed by atoms with Gasteiger partial charge in [-0.2, -0.15) is 0 Å². The maximum Gasteiger partial charge on any atom is 0.312 e. The Kier molecular flexibility index (Phi) is 9.45. The predicted molar refractivity (Wildman–Crippen MR) is 97.5 cm³/mol. The molecule has 1 aliphatic heterocycles. The summed E-state index contributed by atoms with van der Waals surface area (Å²) >= 11 is 0. The third-order valence-electron chi connectivity index (χ3n) is 4.43. The molecule has 1 N–H and O–H groups in total. The van der Waals surface area contributed by atoms with Crippen LogP contribution < -0.4 is 0 Å². The Bertz CT molecular complexity index is 492. The summed E-state index contributed by atoms with van der Waals surface area (Å²) in [7, 11) is 1.51. The Morgan fingerprint density at radius 1 is 1.36 bits per heavy atom. The van der Waals surface area contributed by atoms with E-state index >= 15 is 0 Å². The molecule has 1 atom stereocenters. The van der Waals surface area contributed by atoms with Gasteiger partial charge in [0.25, 0.3) is 0 Å². The van der Waals surface area contributed by atoms with Crippen molar-refractivity contribution in [2.24, 2.45) is 10.9 Å². The second-order valence-corrected chi connectivity index (χ2v) is 6.11. The zero-order chi connectivity index (χ0) is 18.7. The average molecular weight is 353 g/mol. The van der Waals surface area contributed by atoms with Crippen LogP contribution in [0.1, 0.15) is 52.4 Å². The van der Waals surface area contributed by atoms with E-state index in [-0.39, 0.29) is 0 Å². The van der Waals surface area contributed by atoms with Crippen molar-refractivity contribution in [1.29, 1.82) is 0 Å². The highest BCUT2D eigenvalue weighted by molar-refractivity contribution is 5.78. The fourth-order valence-corrected chi connectivity index (χ4v) is 2.92. The molecule has 25 heavy (non-hydrogen) atoms. The Hall–Kier alpha value is -1.66. The van der Waals surface area contributed by atoms with E-state index in [4.69, 9.17) is 14.2 Å². The van der Waals surface area contributed by atoms with Gasteiger partial charge in [-0.3, -0.25) is 4.79 Å². The third-order valence-corrected chi connectivity index (χ3v) is 4.43. The predicted octanol–water partition coefficient (Wildman–Crippen LogP) is 3.93. The SMILES string of the molecule is C=C/C=C(\N=C(C)OC)C(CCCCCC1(CC)OCCO1)C(=O)O. The van der Waals surface area contributed by atoms with Crippen molar-refractivity contribution in [2.45, 2.75) is 58.2 Å². The summed E-state index contributed by atoms with van der Waals surface area (Å²) in [4.78, 5) is 15.9. The summed E-state index contributed by atoms with van der Waals surface area (Å²) < 4.78 is 16.5. The largest absolute Gasteiger partial charge is 0.484 e. The highest BCUT2D eigenvalue weighted by Gasteiger charge is 2.33. The number of allylic oxidation sites excluding steroid dienone is 2. The highest BCUT2D eigenvalue weighted by atomic mass is 16.7. The molecule has 0 spiro atoms. The zero-order valence-corrected chi connectivity index (χ0v) is 15.6. The zero-order valence-electron chi connectivity index (χ0n) is 15.6. The van der Waals surface area contributed by atoms with Crippen molar-refractivity contribution >= 4 is 11.9 Å². The van der Waals surface area contributed by atoms with Crippen molar-refractivity contribution in [3.8, 4) is 0 Å². The minimum absolute atomic E-state index is 0.430. The molecule has 0 radical (unpaired) electrons. The molecule has 1 fully saturated rings. The first-order valence-electron chi connectivity index (χ1n) is 8.90. The smallest absolute Gasteiger partial charge is 0.312 e. The molecule has 6 nitrogen and oxygen atoms in total. The lowest BCUT2D eigenvalue weighted by molar-refractivity contribution is -0.164. The minimum atomic E-state index is -0.881. The van der Waals surface area contributed by atoms with E-state index in [0.717, 1.165) is 32.1 Å². The Morgan fingerprint density at radius 3 is 2.56 bits per heavy atom. The van der Waals surface area contributed by atoms with Gasteiger partial charge in [-0.25, -0.2) is 4.99 Å². The van der Waals surface area contributed by atoms with Crippen LogP contribution >= 0.6 is 0 Å². The normalized spacial score (nSPS) is 18.8. The van der Waals surface area contributed by atoms with E-state index in [2.05, 4.69) is 18.5 Å². The molecule has 1 heterocycles. The van der Waals surface area contributed by atoms with E-state index in [1.165, 1.54) is 7.11 Å². The Balaban J connectivity index is 2.53. The van der Waals surface area contributed by atoms with Crippen LogP contribution in [0.4, 0.5) is 0 Å². The monoisotopic (exact) mass is 353 g/mol. The molecule has 1 unspecified atom stereocenters. The van der Waals surface area contributed by atoms with Crippen LogP contribution in [0.3, 0.4) is 0 Å². The van der Waals surface area contributed by atoms with Crippen LogP contribution in [0.25, 0.3) is 0 Å². The molecule has 0 aliphatic carbocycles. The molecule has 142 valence electrons. The highest BCUT2D eigenvalue weighted by Crippen LogP contribution is 2.30. The first-order chi connectivity index (χ1) is 12.0. The first kappa shape index (κ1) is 21.4. The number of hydrogen-bond donors (Lipinski definition) is 1. The number of nitrogens with zero attached hydrogens (tertiary/aromatic N) is 1. The molecule has 0 aromatic rings. The van der Waals surface area contributed by atoms with E-state index in [1.807, 2.05) is 0 Å². The quantitative estimate of drug-likeness (QED) is 0.264. The second-order valence-electron chi connectivity index (χ2n) is 6.11. The van der Waals surface area contributed by atoms with Gasteiger partial charge >= 0.3 is 5.97 Å². The lowest BCUT2D eigenvalue weighted by Crippen LogP contribution is -2.28. The van der Waals surface area contributed by atoms with Gasteiger partial charge in [0, 0.05) is 13.3 Å². The number of unbranched alkanes of at least 4 members (excludes halogenated alkanes) is 2. The number of aliphatic imine (C=N–C) groups is 1. The first-order valence-corrected chi connectivity index (χ1v) is 8.90. The van der Waals surface area contributed by atoms with Crippen LogP contribution in [0.2, 0.25) is 0 Å². The average Bonchev–Trinajstić information content (AvgIpc) is 3.06. The fourth-order valence-electron chi connectivity index (χ4n) is 2.92. The molecule has 1 aliphatic rings. The van der Waals surface area contributed by atoms with Crippen molar-refractivity contribution in [3.63, 3.8) is 0 Å². The summed E-state index contributed by atoms with van der Waals surface area (Å²) in [5.74, 6) is -1.55. The number of carboxylic acid groups (broad SMARTS) is 1. The van der Waals surface area contributed by atoms with E-state index in [1.54, 1.807) is 19.1 Å². The lowest BCUT2D eigenvalue weighted by atomic mass is 9.96. The fraction of sp³-hybridized carbons (Fsp3) is 0.684. The number of rotatable bonds is 11. The molecule has 6 heteroatoms. The van der Waals surface area contributed by atoms with Gasteiger partial charge in [0.2, 0.25) is 0 Å². The van der Waals surface area contributed by atoms with Crippen LogP contribution in [0, 0.1) is 5.92 Å². The van der Waals surface area contributed by atoms with E-state index in [0.29, 0.717) is 31.2 Å². The Morgan fingerprint density at radius 2 is 2.04 bits per heavy atom. The summed E-state index contributed by atoms with van der Waals surface area (Å²) in [5, 5.41) is 9.54. The number of carbonyl (C=O) groups is 1. The summed E-state index contributed by atoms with van der Waals surface area (Å²) in [6.45, 7) is 8.71. The van der Waals surface area contributed by atoms with Crippen LogP contribution in [0.5, 0.6) is 0 Å². The number of hydrogen-bond acceptors (Lipinski definition) is 5. The number of methoxy groups -OCH3 is 1. The summed E-state index contributed by atoms with van der Waals surface area (Å²) in [6.07, 6.45) is 8.06. The van der Waals surface area contributed by atoms with Gasteiger partial charge in [-0.05, 0) is 25.3 Å². The molecule has 0 aromatic heterocycles. The van der Waals surface area contributed by atoms with Crippen molar-refractivity contribution in [3.05, 3.63) is 24.4 Å². The maximum absolute atomic E-state index is 11.6. The van der Waals surface area contributed by atoms with Crippen molar-refractivity contribution in [2.75, 3.05) is 20.3 Å². The molecule has 0 bridgehead atoms. The molecule has 1 saturated heterocycles. The van der Waals surface area contributed by atoms with Crippen molar-refractivity contribution < 1.29 is 24.1 Å². The van der Waals surface area contributed by atoms with Gasteiger partial charge in [-0.1, -0.05) is 32.4 Å². The number of ether oxygens (including phenoxy) is 3. The number of carboxylic acids is 1. The van der Waals surface area contributed by atoms with Gasteiger partial charge in [0.1, 0.15) is 0 Å². The third kappa shape index (κ3) is 7.00. The van der Waals surface area contributed by atoms with Crippen LogP contribution in [0.15, 0.2) is 29.4 Å². The van der Waals surface area contributed by atoms with Crippen LogP contribution in [-0.4, -0.2) is 43.1 Å². The van der Waals surface area contributed by atoms with E-state index < -0.39 is 17.7 Å². The van der Waals surface area contributed by atoms with Gasteiger partial charge < -0.3 is 19.3 Å². The summed E-state index contributed by atoms with van der Waals surface area (Å²) in [6, 6.07) is 0. The van der Waals surface area contributed by atoms with Gasteiger partial charge in [0.15, 0.2) is 11.7 Å². The van der Waals surface area contributed by atoms with Gasteiger partial charge in [0.05, 0.1) is 31.9 Å². The molecule has 0 aromatic carbocycles. The molecular formula is C19H31NO5. The molecule has 0 saturated carbocycles. The van der Waals surface area contributed by atoms with Crippen LogP contribution in [-0.2, 0) is 19.0 Å². The molecule has 0 amide bonds. The molecular weight excluding hydrogens is 322 g/mol. The lowest BCUT2D eigenvalue weighted by Gasteiger charge is -2.25. The molecule has 1 rings (SSSR count). The second kappa shape index (κ2) is 11.1. The number of aliphatic carboxylic acids is 1. The Labute approximate surface area is 150 Å². The maximum atomic E-state index is 11.6. The topological polar surface area (TPSA) is 77.3 Å². The minimum Gasteiger partial charge on any atom is -0.484 e. The van der Waals surface area contributed by atoms with Crippen molar-refractivity contribution in [1.82, 2.24) is 0 Å². The van der Waals surface area contributed by atoms with E-state index in [9.17, 15) is 9.90 Å². The summed E-state index contributed by atoms with van der Waals surface area (Å²) in [5.41, 5.74) is 0.467. The standard InChI is InChI=1S/C19H31NO5/c1-5-10-17(20-15(3)23-4)16(18(21)22)11-8-7-9-12-19(6-2)24-13-14-25-19/h5,10,16H,1,6-9,11-14H2,2-4H3,(H,21,22)/b17-10-,20-15?. The van der Waals surface area contributed by atoms with Gasteiger partial charge in [-0.15, -0.1) is 0 Å².